The Balaban J connectivity index is 1.77. The lowest BCUT2D eigenvalue weighted by Gasteiger charge is -2.28. The maximum Gasteiger partial charge on any atom is 0.242 e. The second kappa shape index (κ2) is 5.49. The summed E-state index contributed by atoms with van der Waals surface area (Å²) in [7, 11) is 0. The summed E-state index contributed by atoms with van der Waals surface area (Å²) in [6.45, 7) is 3.60. The molecule has 1 unspecified atom stereocenters. The lowest BCUT2D eigenvalue weighted by Crippen LogP contribution is -2.37. The van der Waals surface area contributed by atoms with Crippen molar-refractivity contribution in [2.75, 3.05) is 48.8 Å². The monoisotopic (exact) mass is 278 g/mol. The Labute approximate surface area is 116 Å². The van der Waals surface area contributed by atoms with Gasteiger partial charge >= 0.3 is 0 Å². The van der Waals surface area contributed by atoms with Gasteiger partial charge in [-0.3, -0.25) is 4.79 Å². The second-order valence-electron chi connectivity index (χ2n) is 4.85. The minimum Gasteiger partial charge on any atom is -0.378 e. The van der Waals surface area contributed by atoms with Crippen LogP contribution in [0, 0.1) is 0 Å². The van der Waals surface area contributed by atoms with Crippen LogP contribution in [0.15, 0.2) is 6.07 Å². The molecular formula is C12H18N6O2. The van der Waals surface area contributed by atoms with Gasteiger partial charge in [0.15, 0.2) is 0 Å². The fourth-order valence-corrected chi connectivity index (χ4v) is 2.39. The molecule has 20 heavy (non-hydrogen) atoms. The van der Waals surface area contributed by atoms with Crippen molar-refractivity contribution in [1.29, 1.82) is 0 Å². The summed E-state index contributed by atoms with van der Waals surface area (Å²) in [5.41, 5.74) is 5.75. The number of nitrogens with two attached hydrogens (primary N) is 1. The zero-order valence-electron chi connectivity index (χ0n) is 11.1. The molecule has 2 saturated heterocycles. The summed E-state index contributed by atoms with van der Waals surface area (Å²) in [6.07, 6.45) is 0.746. The van der Waals surface area contributed by atoms with Crippen molar-refractivity contribution >= 4 is 23.5 Å². The number of amides is 1. The zero-order valence-corrected chi connectivity index (χ0v) is 11.1. The van der Waals surface area contributed by atoms with E-state index in [-0.39, 0.29) is 17.9 Å². The van der Waals surface area contributed by atoms with E-state index in [1.807, 2.05) is 6.07 Å². The summed E-state index contributed by atoms with van der Waals surface area (Å²) in [6, 6.07) is 1.58. The first-order chi connectivity index (χ1) is 9.72. The molecule has 108 valence electrons. The van der Waals surface area contributed by atoms with Gasteiger partial charge in [-0.05, 0) is 6.42 Å². The van der Waals surface area contributed by atoms with Crippen molar-refractivity contribution in [2.45, 2.75) is 12.5 Å². The highest BCUT2D eigenvalue weighted by Crippen LogP contribution is 2.19. The molecule has 4 N–H and O–H groups in total. The third kappa shape index (κ3) is 2.74. The highest BCUT2D eigenvalue weighted by Gasteiger charge is 2.24. The molecule has 3 heterocycles. The predicted molar refractivity (Wildman–Crippen MR) is 74.5 cm³/mol. The molecule has 0 radical (unpaired) electrons. The molecule has 8 heteroatoms. The standard InChI is InChI=1S/C12H18N6O2/c13-12-16-9(15-8-1-2-14-11(8)19)7-10(17-12)18-3-5-20-6-4-18/h7-8H,1-6H2,(H,14,19)(H3,13,15,16,17). The molecule has 1 aromatic heterocycles. The Morgan fingerprint density at radius 3 is 2.90 bits per heavy atom. The molecule has 2 fully saturated rings. The van der Waals surface area contributed by atoms with Crippen molar-refractivity contribution in [3.05, 3.63) is 6.07 Å². The van der Waals surface area contributed by atoms with Gasteiger partial charge in [0.05, 0.1) is 13.2 Å². The van der Waals surface area contributed by atoms with Gasteiger partial charge in [0.2, 0.25) is 11.9 Å². The van der Waals surface area contributed by atoms with E-state index in [1.54, 1.807) is 0 Å². The molecule has 0 bridgehead atoms. The van der Waals surface area contributed by atoms with Crippen LogP contribution >= 0.6 is 0 Å². The van der Waals surface area contributed by atoms with Gasteiger partial charge < -0.3 is 26.0 Å². The maximum atomic E-state index is 11.6. The van der Waals surface area contributed by atoms with E-state index >= 15 is 0 Å². The first kappa shape index (κ1) is 12.9. The number of carbonyl (C=O) groups excluding carboxylic acids is 1. The number of anilines is 3. The van der Waals surface area contributed by atoms with E-state index in [2.05, 4.69) is 25.5 Å². The summed E-state index contributed by atoms with van der Waals surface area (Å²) in [4.78, 5) is 22.1. The third-order valence-electron chi connectivity index (χ3n) is 3.44. The maximum absolute atomic E-state index is 11.6. The van der Waals surface area contributed by atoms with Gasteiger partial charge in [-0.1, -0.05) is 0 Å². The SMILES string of the molecule is Nc1nc(NC2CCNC2=O)cc(N2CCOCC2)n1. The number of carbonyl (C=O) groups is 1. The lowest BCUT2D eigenvalue weighted by molar-refractivity contribution is -0.119. The molecule has 1 aromatic rings. The van der Waals surface area contributed by atoms with Crippen molar-refractivity contribution in [2.24, 2.45) is 0 Å². The smallest absolute Gasteiger partial charge is 0.242 e. The largest absolute Gasteiger partial charge is 0.378 e. The topological polar surface area (TPSA) is 105 Å². The quantitative estimate of drug-likeness (QED) is 0.664. The molecule has 3 rings (SSSR count). The van der Waals surface area contributed by atoms with Gasteiger partial charge in [0.25, 0.3) is 0 Å². The Hall–Kier alpha value is -2.09. The number of nitrogen functional groups attached to an aromatic ring is 1. The fourth-order valence-electron chi connectivity index (χ4n) is 2.39. The molecule has 0 spiro atoms. The molecule has 1 amide bonds. The highest BCUT2D eigenvalue weighted by molar-refractivity contribution is 5.86. The van der Waals surface area contributed by atoms with Crippen LogP contribution in [0.1, 0.15) is 6.42 Å². The summed E-state index contributed by atoms with van der Waals surface area (Å²) < 4.78 is 5.32. The number of nitrogens with zero attached hydrogens (tertiary/aromatic N) is 3. The minimum absolute atomic E-state index is 0.00453. The van der Waals surface area contributed by atoms with Crippen LogP contribution in [-0.4, -0.2) is 54.8 Å². The zero-order chi connectivity index (χ0) is 13.9. The number of rotatable bonds is 3. The number of hydrogen-bond acceptors (Lipinski definition) is 7. The van der Waals surface area contributed by atoms with Crippen LogP contribution in [0.3, 0.4) is 0 Å². The molecule has 0 aliphatic carbocycles. The van der Waals surface area contributed by atoms with E-state index in [4.69, 9.17) is 10.5 Å². The van der Waals surface area contributed by atoms with Crippen LogP contribution in [0.5, 0.6) is 0 Å². The van der Waals surface area contributed by atoms with Crippen molar-refractivity contribution in [1.82, 2.24) is 15.3 Å². The third-order valence-corrected chi connectivity index (χ3v) is 3.44. The predicted octanol–water partition coefficient (Wildman–Crippen LogP) is -0.804. The molecule has 8 nitrogen and oxygen atoms in total. The van der Waals surface area contributed by atoms with Gasteiger partial charge in [-0.2, -0.15) is 9.97 Å². The van der Waals surface area contributed by atoms with Crippen molar-refractivity contribution in [3.63, 3.8) is 0 Å². The van der Waals surface area contributed by atoms with E-state index in [0.717, 1.165) is 25.3 Å². The number of nitrogens with one attached hydrogen (secondary N) is 2. The number of ether oxygens (including phenoxy) is 1. The Bertz CT molecular complexity index is 503. The van der Waals surface area contributed by atoms with Crippen molar-refractivity contribution in [3.8, 4) is 0 Å². The van der Waals surface area contributed by atoms with Crippen LogP contribution < -0.4 is 21.3 Å². The van der Waals surface area contributed by atoms with Crippen LogP contribution in [-0.2, 0) is 9.53 Å². The Kier molecular flexibility index (Phi) is 3.55. The summed E-state index contributed by atoms with van der Waals surface area (Å²) in [5, 5.41) is 5.89. The van der Waals surface area contributed by atoms with Crippen LogP contribution in [0.2, 0.25) is 0 Å². The molecule has 0 saturated carbocycles. The van der Waals surface area contributed by atoms with Crippen LogP contribution in [0.25, 0.3) is 0 Å². The van der Waals surface area contributed by atoms with E-state index in [0.29, 0.717) is 25.6 Å². The van der Waals surface area contributed by atoms with Gasteiger partial charge in [-0.25, -0.2) is 0 Å². The molecule has 2 aliphatic heterocycles. The first-order valence-electron chi connectivity index (χ1n) is 6.74. The number of aromatic nitrogens is 2. The first-order valence-corrected chi connectivity index (χ1v) is 6.74. The number of hydrogen-bond donors (Lipinski definition) is 3. The molecule has 1 atom stereocenters. The van der Waals surface area contributed by atoms with E-state index in [1.165, 1.54) is 0 Å². The number of morpholine rings is 1. The van der Waals surface area contributed by atoms with Gasteiger partial charge in [-0.15, -0.1) is 0 Å². The Morgan fingerprint density at radius 1 is 1.40 bits per heavy atom. The van der Waals surface area contributed by atoms with Gasteiger partial charge in [0.1, 0.15) is 17.7 Å². The lowest BCUT2D eigenvalue weighted by atomic mass is 10.2. The van der Waals surface area contributed by atoms with E-state index in [9.17, 15) is 4.79 Å². The van der Waals surface area contributed by atoms with Gasteiger partial charge in [0, 0.05) is 25.7 Å². The second-order valence-corrected chi connectivity index (χ2v) is 4.85. The summed E-state index contributed by atoms with van der Waals surface area (Å²) >= 11 is 0. The molecule has 0 aromatic carbocycles. The normalized spacial score (nSPS) is 22.7. The highest BCUT2D eigenvalue weighted by atomic mass is 16.5. The van der Waals surface area contributed by atoms with Crippen LogP contribution in [0.4, 0.5) is 17.6 Å². The molecule has 2 aliphatic rings. The average molecular weight is 278 g/mol. The Morgan fingerprint density at radius 2 is 2.20 bits per heavy atom. The summed E-state index contributed by atoms with van der Waals surface area (Å²) in [5.74, 6) is 1.55. The van der Waals surface area contributed by atoms with Crippen molar-refractivity contribution < 1.29 is 9.53 Å². The van der Waals surface area contributed by atoms with E-state index < -0.39 is 0 Å². The minimum atomic E-state index is -0.248. The fraction of sp³-hybridized carbons (Fsp3) is 0.583. The molecular weight excluding hydrogens is 260 g/mol. The average Bonchev–Trinajstić information content (AvgIpc) is 2.85.